The van der Waals surface area contributed by atoms with E-state index in [0.29, 0.717) is 0 Å². The van der Waals surface area contributed by atoms with Gasteiger partial charge >= 0.3 is 5.97 Å². The standard InChI is InChI=1S/C31H52N2O23/c1-8-17(41)20(44)21(45)28(50-8)53-23-14(7-36)51-27(47)16(33-10(3)38)25(23)54-29-22(46)26(19(43)13(6-35)52-29)56-31(30(48)49)4-11(39)15(32-9(2)37)24(55-31)18(42)12(40)5-34/h8,11-29,34-36,39-47H,4-7H2,1-3H3,(H,32,37)(H,33,38)(H,48,49)/t8-,11-,12+,13+,14+,15+,16+,17+,18+,19-,20+,21-,22+,23-,24+,25+,26-,27?,28-,29-,31-/m0/s1. The number of carbonyl (C=O) groups excluding carboxylic acids is 2. The molecule has 4 heterocycles. The summed E-state index contributed by atoms with van der Waals surface area (Å²) in [7, 11) is 0. The number of nitrogens with one attached hydrogen (secondary N) is 2. The Labute approximate surface area is 317 Å². The number of ether oxygens (including phenoxy) is 7. The highest BCUT2D eigenvalue weighted by atomic mass is 16.8. The van der Waals surface area contributed by atoms with E-state index in [1.807, 2.05) is 0 Å². The van der Waals surface area contributed by atoms with E-state index < -0.39 is 172 Å². The van der Waals surface area contributed by atoms with Crippen LogP contribution in [0, 0.1) is 0 Å². The van der Waals surface area contributed by atoms with Crippen LogP contribution in [0.15, 0.2) is 0 Å². The molecule has 0 bridgehead atoms. The van der Waals surface area contributed by atoms with Crippen molar-refractivity contribution in [3.63, 3.8) is 0 Å². The maximum atomic E-state index is 12.9. The number of rotatable bonds is 14. The van der Waals surface area contributed by atoms with Crippen LogP contribution in [-0.4, -0.2) is 232 Å². The summed E-state index contributed by atoms with van der Waals surface area (Å²) in [4.78, 5) is 37.0. The van der Waals surface area contributed by atoms with Crippen molar-refractivity contribution in [3.8, 4) is 0 Å². The van der Waals surface area contributed by atoms with Crippen molar-refractivity contribution in [1.29, 1.82) is 0 Å². The van der Waals surface area contributed by atoms with E-state index in [9.17, 15) is 80.8 Å². The van der Waals surface area contributed by atoms with Gasteiger partial charge in [-0.3, -0.25) is 9.59 Å². The Morgan fingerprint density at radius 1 is 0.732 bits per heavy atom. The molecular weight excluding hydrogens is 768 g/mol. The zero-order chi connectivity index (χ0) is 42.0. The van der Waals surface area contributed by atoms with Crippen molar-refractivity contribution < 1.29 is 114 Å². The molecule has 25 heteroatoms. The highest BCUT2D eigenvalue weighted by Crippen LogP contribution is 2.39. The predicted octanol–water partition coefficient (Wildman–Crippen LogP) is -9.23. The number of aliphatic hydroxyl groups is 12. The highest BCUT2D eigenvalue weighted by Gasteiger charge is 2.60. The van der Waals surface area contributed by atoms with Gasteiger partial charge in [0.05, 0.1) is 38.1 Å². The molecule has 21 atom stereocenters. The molecule has 0 aromatic heterocycles. The lowest BCUT2D eigenvalue weighted by molar-refractivity contribution is -0.389. The molecule has 4 aliphatic rings. The van der Waals surface area contributed by atoms with Crippen molar-refractivity contribution in [3.05, 3.63) is 0 Å². The van der Waals surface area contributed by atoms with Crippen molar-refractivity contribution in [2.75, 3.05) is 19.8 Å². The second-order valence-electron chi connectivity index (χ2n) is 14.0. The minimum Gasteiger partial charge on any atom is -0.477 e. The molecule has 2 amide bonds. The topological polar surface area (TPSA) is 403 Å². The molecule has 0 radical (unpaired) electrons. The largest absolute Gasteiger partial charge is 0.477 e. The van der Waals surface area contributed by atoms with Crippen molar-refractivity contribution in [1.82, 2.24) is 10.6 Å². The average molecular weight is 821 g/mol. The van der Waals surface area contributed by atoms with Gasteiger partial charge in [0.25, 0.3) is 5.79 Å². The van der Waals surface area contributed by atoms with Crippen LogP contribution in [-0.2, 0) is 47.5 Å². The molecule has 15 N–H and O–H groups in total. The first kappa shape index (κ1) is 46.3. The first-order valence-electron chi connectivity index (χ1n) is 17.6. The van der Waals surface area contributed by atoms with Gasteiger partial charge in [-0.15, -0.1) is 0 Å². The zero-order valence-corrected chi connectivity index (χ0v) is 30.3. The van der Waals surface area contributed by atoms with Crippen molar-refractivity contribution in [2.24, 2.45) is 0 Å². The number of hydrogen-bond donors (Lipinski definition) is 15. The van der Waals surface area contributed by atoms with Crippen LogP contribution in [0.25, 0.3) is 0 Å². The summed E-state index contributed by atoms with van der Waals surface area (Å²) in [6.07, 6.45) is -35.2. The summed E-state index contributed by atoms with van der Waals surface area (Å²) in [5.74, 6) is -6.72. The molecular formula is C31H52N2O23. The van der Waals surface area contributed by atoms with Gasteiger partial charge in [0.15, 0.2) is 18.9 Å². The number of aliphatic hydroxyl groups excluding tert-OH is 12. The first-order valence-corrected chi connectivity index (χ1v) is 17.6. The lowest BCUT2D eigenvalue weighted by Gasteiger charge is -2.51. The van der Waals surface area contributed by atoms with Crippen LogP contribution >= 0.6 is 0 Å². The Morgan fingerprint density at radius 2 is 1.30 bits per heavy atom. The van der Waals surface area contributed by atoms with E-state index in [2.05, 4.69) is 10.6 Å². The van der Waals surface area contributed by atoms with Gasteiger partial charge in [0.1, 0.15) is 85.4 Å². The predicted molar refractivity (Wildman–Crippen MR) is 173 cm³/mol. The molecule has 0 spiro atoms. The molecule has 56 heavy (non-hydrogen) atoms. The summed E-state index contributed by atoms with van der Waals surface area (Å²) in [6.45, 7) is 0.296. The maximum Gasteiger partial charge on any atom is 0.364 e. The van der Waals surface area contributed by atoms with E-state index in [-0.39, 0.29) is 0 Å². The first-order chi connectivity index (χ1) is 26.2. The van der Waals surface area contributed by atoms with E-state index in [1.54, 1.807) is 0 Å². The minimum absolute atomic E-state index is 0.785. The molecule has 0 aromatic carbocycles. The molecule has 4 rings (SSSR count). The summed E-state index contributed by atoms with van der Waals surface area (Å²) in [5.41, 5.74) is 0. The maximum absolute atomic E-state index is 12.9. The number of aliphatic carboxylic acids is 1. The van der Waals surface area contributed by atoms with Crippen LogP contribution in [0.3, 0.4) is 0 Å². The Kier molecular flexibility index (Phi) is 15.8. The lowest BCUT2D eigenvalue weighted by atomic mass is 9.88. The monoisotopic (exact) mass is 820 g/mol. The normalized spacial score (nSPS) is 45.7. The summed E-state index contributed by atoms with van der Waals surface area (Å²) < 4.78 is 39.7. The van der Waals surface area contributed by atoms with Gasteiger partial charge in [0.2, 0.25) is 11.8 Å². The zero-order valence-electron chi connectivity index (χ0n) is 30.3. The van der Waals surface area contributed by atoms with Gasteiger partial charge in [0, 0.05) is 20.3 Å². The van der Waals surface area contributed by atoms with Gasteiger partial charge in [-0.05, 0) is 6.92 Å². The second-order valence-corrected chi connectivity index (χ2v) is 14.0. The Bertz CT molecular complexity index is 1330. The molecule has 1 unspecified atom stereocenters. The number of amides is 2. The molecule has 0 aromatic rings. The SMILES string of the molecule is CC(=O)N[C@H]1[C@H]([C@H](O)[C@H](O)CO)O[C@@](O[C@H]2[C@@H](O)[C@@H](CO)O[C@@H](O[C@H]3[C@@H](O[C@@H]4O[C@@H](C)[C@@H](O)[C@@H](O)[C@@H]4O)[C@@H](CO)OC(O)[C@@H]3NC(C)=O)[C@@H]2O)(C(=O)O)C[C@@H]1O. The highest BCUT2D eigenvalue weighted by molar-refractivity contribution is 5.76. The van der Waals surface area contributed by atoms with E-state index in [4.69, 9.17) is 33.2 Å². The fourth-order valence-electron chi connectivity index (χ4n) is 6.99. The molecule has 0 saturated carbocycles. The third-order valence-electron chi connectivity index (χ3n) is 9.94. The van der Waals surface area contributed by atoms with E-state index >= 15 is 0 Å². The number of carboxylic acid groups (broad SMARTS) is 1. The third kappa shape index (κ3) is 9.74. The van der Waals surface area contributed by atoms with Crippen LogP contribution in [0.5, 0.6) is 0 Å². The number of carbonyl (C=O) groups is 3. The van der Waals surface area contributed by atoms with Crippen LogP contribution in [0.2, 0.25) is 0 Å². The van der Waals surface area contributed by atoms with Gasteiger partial charge < -0.3 is 110 Å². The molecule has 4 aliphatic heterocycles. The fraction of sp³-hybridized carbons (Fsp3) is 0.903. The third-order valence-corrected chi connectivity index (χ3v) is 9.94. The molecule has 4 fully saturated rings. The molecule has 25 nitrogen and oxygen atoms in total. The summed E-state index contributed by atoms with van der Waals surface area (Å²) in [5, 5.41) is 142. The number of carboxylic acids is 1. The van der Waals surface area contributed by atoms with E-state index in [0.717, 1.165) is 13.8 Å². The Hall–Kier alpha value is -2.35. The Morgan fingerprint density at radius 3 is 1.86 bits per heavy atom. The number of hydrogen-bond acceptors (Lipinski definition) is 22. The van der Waals surface area contributed by atoms with Crippen LogP contribution < -0.4 is 10.6 Å². The van der Waals surface area contributed by atoms with Gasteiger partial charge in [-0.25, -0.2) is 4.79 Å². The van der Waals surface area contributed by atoms with Crippen LogP contribution in [0.4, 0.5) is 0 Å². The van der Waals surface area contributed by atoms with Crippen molar-refractivity contribution >= 4 is 17.8 Å². The molecule has 324 valence electrons. The smallest absolute Gasteiger partial charge is 0.364 e. The van der Waals surface area contributed by atoms with Crippen LogP contribution in [0.1, 0.15) is 27.2 Å². The Balaban J connectivity index is 1.72. The molecule has 0 aliphatic carbocycles. The van der Waals surface area contributed by atoms with Gasteiger partial charge in [-0.1, -0.05) is 0 Å². The average Bonchev–Trinajstić information content (AvgIpc) is 3.14. The fourth-order valence-corrected chi connectivity index (χ4v) is 6.99. The second kappa shape index (κ2) is 19.1. The van der Waals surface area contributed by atoms with Crippen molar-refractivity contribution in [2.45, 2.75) is 155 Å². The lowest BCUT2D eigenvalue weighted by Crippen LogP contribution is -2.71. The summed E-state index contributed by atoms with van der Waals surface area (Å²) >= 11 is 0. The summed E-state index contributed by atoms with van der Waals surface area (Å²) in [6, 6.07) is -3.27. The quantitative estimate of drug-likeness (QED) is 0.0773. The van der Waals surface area contributed by atoms with Gasteiger partial charge in [-0.2, -0.15) is 0 Å². The molecule has 4 saturated heterocycles. The van der Waals surface area contributed by atoms with E-state index in [1.165, 1.54) is 6.92 Å². The minimum atomic E-state index is -3.12.